The molecule has 1 aliphatic heterocycles. The van der Waals surface area contributed by atoms with Crippen LogP contribution < -0.4 is 26.4 Å². The minimum Gasteiger partial charge on any atom is -0.486 e. The number of hydrogen-bond acceptors (Lipinski definition) is 7. The van der Waals surface area contributed by atoms with Gasteiger partial charge < -0.3 is 36.4 Å². The number of urea groups is 1. The number of nitrogens with zero attached hydrogens (tertiary/aromatic N) is 2. The molecule has 256 valence electrons. The van der Waals surface area contributed by atoms with Crippen LogP contribution in [0.5, 0.6) is 5.75 Å². The van der Waals surface area contributed by atoms with E-state index in [-0.39, 0.29) is 41.3 Å². The molecule has 0 saturated carbocycles. The van der Waals surface area contributed by atoms with E-state index in [0.29, 0.717) is 42.3 Å². The van der Waals surface area contributed by atoms with Gasteiger partial charge in [-0.05, 0) is 80.2 Å². The van der Waals surface area contributed by atoms with Crippen molar-refractivity contribution >= 4 is 40.6 Å². The van der Waals surface area contributed by atoms with Crippen LogP contribution in [-0.2, 0) is 6.54 Å². The lowest BCUT2D eigenvalue weighted by Crippen LogP contribution is -2.49. The maximum absolute atomic E-state index is 13.8. The molecule has 12 heteroatoms. The molecular formula is C37H41FN6O5. The normalized spacial score (nSPS) is 16.5. The van der Waals surface area contributed by atoms with Gasteiger partial charge in [-0.2, -0.15) is 0 Å². The summed E-state index contributed by atoms with van der Waals surface area (Å²) >= 11 is 0. The number of amides is 4. The Bertz CT molecular complexity index is 1790. The fourth-order valence-electron chi connectivity index (χ4n) is 5.63. The zero-order chi connectivity index (χ0) is 35.1. The lowest BCUT2D eigenvalue weighted by Gasteiger charge is -2.38. The predicted molar refractivity (Wildman–Crippen MR) is 188 cm³/mol. The number of carbonyl (C=O) groups excluding carboxylic acids is 3. The molecule has 5 rings (SSSR count). The van der Waals surface area contributed by atoms with Gasteiger partial charge in [-0.25, -0.2) is 9.18 Å². The number of likely N-dealkylation sites (N-methyl/N-ethyl adjacent to an activating group) is 1. The third-order valence-electron chi connectivity index (χ3n) is 8.41. The highest BCUT2D eigenvalue weighted by Crippen LogP contribution is 2.35. The fourth-order valence-corrected chi connectivity index (χ4v) is 5.63. The molecule has 6 N–H and O–H groups in total. The Balaban J connectivity index is 1.33. The molecule has 4 amide bonds. The average molecular weight is 669 g/mol. The van der Waals surface area contributed by atoms with Crippen LogP contribution in [0.15, 0.2) is 91.0 Å². The molecule has 0 saturated heterocycles. The lowest BCUT2D eigenvalue weighted by atomic mass is 9.98. The van der Waals surface area contributed by atoms with Crippen molar-refractivity contribution in [1.29, 1.82) is 0 Å². The molecule has 3 atom stereocenters. The zero-order valence-corrected chi connectivity index (χ0v) is 27.7. The van der Waals surface area contributed by atoms with E-state index >= 15 is 0 Å². The van der Waals surface area contributed by atoms with Crippen LogP contribution in [0.2, 0.25) is 0 Å². The van der Waals surface area contributed by atoms with Crippen LogP contribution in [0.4, 0.5) is 31.9 Å². The molecule has 0 radical (unpaired) electrons. The summed E-state index contributed by atoms with van der Waals surface area (Å²) in [6.07, 6.45) is -0.422. The molecule has 11 nitrogen and oxygen atoms in total. The Labute approximate surface area is 284 Å². The van der Waals surface area contributed by atoms with Gasteiger partial charge in [0.2, 0.25) is 0 Å². The number of benzene rings is 4. The molecule has 0 bridgehead atoms. The van der Waals surface area contributed by atoms with Gasteiger partial charge in [0.1, 0.15) is 11.9 Å². The largest absolute Gasteiger partial charge is 0.486 e. The molecule has 4 aromatic rings. The van der Waals surface area contributed by atoms with Gasteiger partial charge in [0, 0.05) is 36.8 Å². The number of nitrogens with two attached hydrogens (primary N) is 1. The van der Waals surface area contributed by atoms with Crippen LogP contribution in [0, 0.1) is 11.7 Å². The van der Waals surface area contributed by atoms with Crippen LogP contribution in [0.25, 0.3) is 0 Å². The summed E-state index contributed by atoms with van der Waals surface area (Å²) in [6, 6.07) is 23.6. The fraction of sp³-hybridized carbons (Fsp3) is 0.270. The maximum Gasteiger partial charge on any atom is 0.323 e. The van der Waals surface area contributed by atoms with Crippen molar-refractivity contribution in [3.8, 4) is 5.75 Å². The van der Waals surface area contributed by atoms with E-state index < -0.39 is 24.0 Å². The van der Waals surface area contributed by atoms with E-state index in [1.54, 1.807) is 66.4 Å². The number of hydrogen-bond donors (Lipinski definition) is 5. The SMILES string of the molecule is C[C@@H]1CN([C@@H](C)CO)C(=O)c2cccc(NC(=O)Nc3ccc(F)cc3)c2O[C@H]1CN(C)Cc1ccc(C(=O)Nc2ccccc2N)cc1. The summed E-state index contributed by atoms with van der Waals surface area (Å²) in [5, 5.41) is 18.3. The average Bonchev–Trinajstić information content (AvgIpc) is 3.08. The Morgan fingerprint density at radius 2 is 1.67 bits per heavy atom. The molecule has 1 aliphatic rings. The van der Waals surface area contributed by atoms with Crippen molar-refractivity contribution in [2.45, 2.75) is 32.5 Å². The van der Waals surface area contributed by atoms with E-state index in [0.717, 1.165) is 5.56 Å². The number of fused-ring (bicyclic) bond motifs is 1. The summed E-state index contributed by atoms with van der Waals surface area (Å²) in [4.78, 5) is 43.3. The quantitative estimate of drug-likeness (QED) is 0.137. The second kappa shape index (κ2) is 15.6. The lowest BCUT2D eigenvalue weighted by molar-refractivity contribution is 0.0343. The van der Waals surface area contributed by atoms with Gasteiger partial charge in [-0.15, -0.1) is 0 Å². The Hall–Kier alpha value is -5.46. The summed E-state index contributed by atoms with van der Waals surface area (Å²) in [7, 11) is 1.95. The van der Waals surface area contributed by atoms with E-state index in [1.807, 2.05) is 26.1 Å². The number of halogens is 1. The first-order chi connectivity index (χ1) is 23.5. The Kier molecular flexibility index (Phi) is 11.1. The number of rotatable bonds is 10. The Morgan fingerprint density at radius 1 is 0.980 bits per heavy atom. The van der Waals surface area contributed by atoms with Crippen LogP contribution >= 0.6 is 0 Å². The van der Waals surface area contributed by atoms with E-state index in [4.69, 9.17) is 10.5 Å². The molecule has 0 aliphatic carbocycles. The highest BCUT2D eigenvalue weighted by molar-refractivity contribution is 6.06. The number of carbonyl (C=O) groups is 3. The van der Waals surface area contributed by atoms with Crippen molar-refractivity contribution in [2.75, 3.05) is 48.4 Å². The number of nitrogen functional groups attached to an aromatic ring is 1. The molecule has 0 unspecified atom stereocenters. The number of para-hydroxylation sites is 3. The van der Waals surface area contributed by atoms with Gasteiger partial charge in [0.05, 0.1) is 35.3 Å². The molecule has 49 heavy (non-hydrogen) atoms. The highest BCUT2D eigenvalue weighted by atomic mass is 19.1. The molecule has 0 aromatic heterocycles. The van der Waals surface area contributed by atoms with Gasteiger partial charge in [0.15, 0.2) is 5.75 Å². The van der Waals surface area contributed by atoms with Crippen molar-refractivity contribution in [1.82, 2.24) is 9.80 Å². The molecule has 4 aromatic carbocycles. The minimum absolute atomic E-state index is 0.161. The van der Waals surface area contributed by atoms with Crippen molar-refractivity contribution < 1.29 is 28.6 Å². The number of ether oxygens (including phenoxy) is 1. The first-order valence-corrected chi connectivity index (χ1v) is 16.0. The summed E-state index contributed by atoms with van der Waals surface area (Å²) in [6.45, 7) is 4.90. The number of aliphatic hydroxyl groups is 1. The topological polar surface area (TPSA) is 149 Å². The van der Waals surface area contributed by atoms with E-state index in [1.165, 1.54) is 24.3 Å². The first kappa shape index (κ1) is 34.9. The molecular weight excluding hydrogens is 627 g/mol. The van der Waals surface area contributed by atoms with Gasteiger partial charge in [-0.3, -0.25) is 14.5 Å². The molecule has 1 heterocycles. The van der Waals surface area contributed by atoms with Gasteiger partial charge in [-0.1, -0.05) is 37.3 Å². The van der Waals surface area contributed by atoms with Crippen LogP contribution in [0.3, 0.4) is 0 Å². The molecule has 0 spiro atoms. The van der Waals surface area contributed by atoms with E-state index in [9.17, 15) is 23.9 Å². The van der Waals surface area contributed by atoms with Crippen LogP contribution in [-0.4, -0.2) is 71.6 Å². The van der Waals surface area contributed by atoms with Gasteiger partial charge >= 0.3 is 6.03 Å². The second-order valence-electron chi connectivity index (χ2n) is 12.3. The summed E-state index contributed by atoms with van der Waals surface area (Å²) < 4.78 is 20.0. The van der Waals surface area contributed by atoms with Crippen molar-refractivity contribution in [3.63, 3.8) is 0 Å². The monoisotopic (exact) mass is 668 g/mol. The van der Waals surface area contributed by atoms with Crippen molar-refractivity contribution in [3.05, 3.63) is 114 Å². The van der Waals surface area contributed by atoms with Gasteiger partial charge in [0.25, 0.3) is 11.8 Å². The maximum atomic E-state index is 13.8. The number of nitrogens with one attached hydrogen (secondary N) is 3. The second-order valence-corrected chi connectivity index (χ2v) is 12.3. The third kappa shape index (κ3) is 8.72. The summed E-state index contributed by atoms with van der Waals surface area (Å²) in [5.41, 5.74) is 9.39. The third-order valence-corrected chi connectivity index (χ3v) is 8.41. The first-order valence-electron chi connectivity index (χ1n) is 16.0. The number of anilines is 4. The zero-order valence-electron chi connectivity index (χ0n) is 27.7. The number of aliphatic hydroxyl groups excluding tert-OH is 1. The van der Waals surface area contributed by atoms with Crippen molar-refractivity contribution in [2.24, 2.45) is 5.92 Å². The highest BCUT2D eigenvalue weighted by Gasteiger charge is 2.34. The molecule has 0 fully saturated rings. The minimum atomic E-state index is -0.593. The Morgan fingerprint density at radius 3 is 2.37 bits per heavy atom. The van der Waals surface area contributed by atoms with Crippen LogP contribution in [0.1, 0.15) is 40.1 Å². The van der Waals surface area contributed by atoms with E-state index in [2.05, 4.69) is 20.9 Å². The standard InChI is InChI=1S/C37H41FN6O5/c1-23-19-44(24(2)22-45)36(47)29-7-6-10-32(42-37(48)40-28-17-15-27(38)16-18-28)34(29)49-33(23)21-43(3)20-25-11-13-26(14-12-25)35(46)41-31-9-5-4-8-30(31)39/h4-18,23-24,33,45H,19-22,39H2,1-3H3,(H,41,46)(H2,40,42,48)/t23-,24+,33+/m1/s1. The predicted octanol–water partition coefficient (Wildman–Crippen LogP) is 5.66. The smallest absolute Gasteiger partial charge is 0.323 e. The summed E-state index contributed by atoms with van der Waals surface area (Å²) in [5.74, 6) is -0.956.